The topological polar surface area (TPSA) is 70.4 Å². The summed E-state index contributed by atoms with van der Waals surface area (Å²) in [6.45, 7) is 5.65. The highest BCUT2D eigenvalue weighted by Crippen LogP contribution is 2.21. The SMILES string of the molecule is CCNC(=O)c1ccc(NC(C)CCN(C)C)c(N)c1. The van der Waals surface area contributed by atoms with Crippen molar-refractivity contribution >= 4 is 17.3 Å². The second-order valence-electron chi connectivity index (χ2n) is 5.30. The Labute approximate surface area is 121 Å². The molecule has 20 heavy (non-hydrogen) atoms. The van der Waals surface area contributed by atoms with Crippen LogP contribution in [0.15, 0.2) is 18.2 Å². The average molecular weight is 278 g/mol. The maximum absolute atomic E-state index is 11.7. The molecule has 0 aliphatic heterocycles. The van der Waals surface area contributed by atoms with Gasteiger partial charge < -0.3 is 21.3 Å². The average Bonchev–Trinajstić information content (AvgIpc) is 2.39. The first kappa shape index (κ1) is 16.3. The van der Waals surface area contributed by atoms with Crippen LogP contribution in [-0.4, -0.2) is 44.0 Å². The molecule has 0 aliphatic carbocycles. The molecule has 0 bridgehead atoms. The number of benzene rings is 1. The van der Waals surface area contributed by atoms with E-state index in [2.05, 4.69) is 36.6 Å². The molecule has 0 radical (unpaired) electrons. The van der Waals surface area contributed by atoms with Crippen LogP contribution >= 0.6 is 0 Å². The fraction of sp³-hybridized carbons (Fsp3) is 0.533. The minimum absolute atomic E-state index is 0.0913. The summed E-state index contributed by atoms with van der Waals surface area (Å²) in [5.41, 5.74) is 8.08. The van der Waals surface area contributed by atoms with Gasteiger partial charge in [0.2, 0.25) is 0 Å². The van der Waals surface area contributed by atoms with Crippen LogP contribution in [0.4, 0.5) is 11.4 Å². The van der Waals surface area contributed by atoms with Gasteiger partial charge in [-0.05, 0) is 59.1 Å². The Bertz CT molecular complexity index is 445. The smallest absolute Gasteiger partial charge is 0.251 e. The van der Waals surface area contributed by atoms with E-state index in [4.69, 9.17) is 5.73 Å². The molecule has 1 atom stereocenters. The molecular formula is C15H26N4O. The first-order chi connectivity index (χ1) is 9.43. The van der Waals surface area contributed by atoms with Gasteiger partial charge in [-0.15, -0.1) is 0 Å². The Morgan fingerprint density at radius 1 is 1.40 bits per heavy atom. The summed E-state index contributed by atoms with van der Waals surface area (Å²) in [5, 5.41) is 6.14. The molecule has 0 fully saturated rings. The van der Waals surface area contributed by atoms with E-state index >= 15 is 0 Å². The monoisotopic (exact) mass is 278 g/mol. The number of hydrogen-bond donors (Lipinski definition) is 3. The number of amides is 1. The van der Waals surface area contributed by atoms with Gasteiger partial charge in [-0.25, -0.2) is 0 Å². The highest BCUT2D eigenvalue weighted by Gasteiger charge is 2.09. The number of hydrogen-bond acceptors (Lipinski definition) is 4. The van der Waals surface area contributed by atoms with E-state index in [9.17, 15) is 4.79 Å². The molecule has 112 valence electrons. The van der Waals surface area contributed by atoms with Crippen molar-refractivity contribution < 1.29 is 4.79 Å². The number of rotatable bonds is 7. The molecule has 1 unspecified atom stereocenters. The van der Waals surface area contributed by atoms with Gasteiger partial charge in [0.25, 0.3) is 5.91 Å². The molecule has 5 heteroatoms. The lowest BCUT2D eigenvalue weighted by Crippen LogP contribution is -2.24. The van der Waals surface area contributed by atoms with Crippen LogP contribution in [0.5, 0.6) is 0 Å². The summed E-state index contributed by atoms with van der Waals surface area (Å²) < 4.78 is 0. The Balaban J connectivity index is 2.66. The van der Waals surface area contributed by atoms with Gasteiger partial charge in [0, 0.05) is 18.2 Å². The molecule has 0 aliphatic rings. The third-order valence-electron chi connectivity index (χ3n) is 3.06. The second kappa shape index (κ2) is 7.75. The molecule has 0 saturated carbocycles. The number of nitrogens with two attached hydrogens (primary N) is 1. The Kier molecular flexibility index (Phi) is 6.31. The zero-order valence-corrected chi connectivity index (χ0v) is 12.9. The Hall–Kier alpha value is -1.75. The van der Waals surface area contributed by atoms with E-state index in [0.717, 1.165) is 18.7 Å². The number of nitrogens with one attached hydrogen (secondary N) is 2. The standard InChI is InChI=1S/C15H26N4O/c1-5-17-15(20)12-6-7-14(13(16)10-12)18-11(2)8-9-19(3)4/h6-7,10-11,18H,5,8-9,16H2,1-4H3,(H,17,20). The van der Waals surface area contributed by atoms with Crippen molar-refractivity contribution in [2.45, 2.75) is 26.3 Å². The number of nitrogen functional groups attached to an aromatic ring is 1. The lowest BCUT2D eigenvalue weighted by molar-refractivity contribution is 0.0956. The van der Waals surface area contributed by atoms with E-state index in [1.54, 1.807) is 12.1 Å². The predicted molar refractivity (Wildman–Crippen MR) is 85.1 cm³/mol. The highest BCUT2D eigenvalue weighted by atomic mass is 16.1. The number of anilines is 2. The largest absolute Gasteiger partial charge is 0.397 e. The van der Waals surface area contributed by atoms with Gasteiger partial charge in [-0.1, -0.05) is 0 Å². The molecule has 1 aromatic carbocycles. The molecule has 0 heterocycles. The lowest BCUT2D eigenvalue weighted by Gasteiger charge is -2.19. The minimum Gasteiger partial charge on any atom is -0.397 e. The fourth-order valence-corrected chi connectivity index (χ4v) is 1.89. The Morgan fingerprint density at radius 2 is 2.10 bits per heavy atom. The van der Waals surface area contributed by atoms with E-state index in [1.165, 1.54) is 0 Å². The molecule has 4 N–H and O–H groups in total. The second-order valence-corrected chi connectivity index (χ2v) is 5.30. The van der Waals surface area contributed by atoms with Gasteiger partial charge in [-0.3, -0.25) is 4.79 Å². The molecule has 0 saturated heterocycles. The fourth-order valence-electron chi connectivity index (χ4n) is 1.89. The number of nitrogens with zero attached hydrogens (tertiary/aromatic N) is 1. The van der Waals surface area contributed by atoms with Gasteiger partial charge >= 0.3 is 0 Å². The van der Waals surface area contributed by atoms with Crippen LogP contribution in [0.25, 0.3) is 0 Å². The van der Waals surface area contributed by atoms with Crippen LogP contribution in [0.3, 0.4) is 0 Å². The molecule has 5 nitrogen and oxygen atoms in total. The quantitative estimate of drug-likeness (QED) is 0.665. The molecular weight excluding hydrogens is 252 g/mol. The van der Waals surface area contributed by atoms with Crippen LogP contribution < -0.4 is 16.4 Å². The number of carbonyl (C=O) groups is 1. The van der Waals surface area contributed by atoms with E-state index in [1.807, 2.05) is 13.0 Å². The predicted octanol–water partition coefficient (Wildman–Crippen LogP) is 1.77. The van der Waals surface area contributed by atoms with Gasteiger partial charge in [0.1, 0.15) is 0 Å². The van der Waals surface area contributed by atoms with E-state index in [0.29, 0.717) is 23.8 Å². The van der Waals surface area contributed by atoms with Crippen molar-refractivity contribution in [2.24, 2.45) is 0 Å². The first-order valence-corrected chi connectivity index (χ1v) is 7.03. The maximum atomic E-state index is 11.7. The summed E-state index contributed by atoms with van der Waals surface area (Å²) in [6.07, 6.45) is 1.03. The van der Waals surface area contributed by atoms with Crippen LogP contribution in [0.2, 0.25) is 0 Å². The zero-order chi connectivity index (χ0) is 15.1. The van der Waals surface area contributed by atoms with Crippen molar-refractivity contribution in [3.8, 4) is 0 Å². The molecule has 1 amide bonds. The molecule has 1 rings (SSSR count). The zero-order valence-electron chi connectivity index (χ0n) is 12.9. The first-order valence-electron chi connectivity index (χ1n) is 7.03. The van der Waals surface area contributed by atoms with Crippen LogP contribution in [0, 0.1) is 0 Å². The van der Waals surface area contributed by atoms with Crippen molar-refractivity contribution in [1.29, 1.82) is 0 Å². The summed E-state index contributed by atoms with van der Waals surface area (Å²) in [7, 11) is 4.12. The highest BCUT2D eigenvalue weighted by molar-refractivity contribution is 5.96. The van der Waals surface area contributed by atoms with Gasteiger partial charge in [0.05, 0.1) is 11.4 Å². The third kappa shape index (κ3) is 5.09. The summed E-state index contributed by atoms with van der Waals surface area (Å²) >= 11 is 0. The minimum atomic E-state index is -0.0913. The molecule has 0 aromatic heterocycles. The normalized spacial score (nSPS) is 12.2. The summed E-state index contributed by atoms with van der Waals surface area (Å²) in [5.74, 6) is -0.0913. The summed E-state index contributed by atoms with van der Waals surface area (Å²) in [6, 6.07) is 5.70. The van der Waals surface area contributed by atoms with Gasteiger partial charge in [0.15, 0.2) is 0 Å². The number of carbonyl (C=O) groups excluding carboxylic acids is 1. The van der Waals surface area contributed by atoms with Crippen LogP contribution in [-0.2, 0) is 0 Å². The molecule has 1 aromatic rings. The van der Waals surface area contributed by atoms with Crippen LogP contribution in [0.1, 0.15) is 30.6 Å². The molecule has 0 spiro atoms. The maximum Gasteiger partial charge on any atom is 0.251 e. The van der Waals surface area contributed by atoms with Crippen molar-refractivity contribution in [3.63, 3.8) is 0 Å². The van der Waals surface area contributed by atoms with Gasteiger partial charge in [-0.2, -0.15) is 0 Å². The van der Waals surface area contributed by atoms with E-state index in [-0.39, 0.29) is 5.91 Å². The van der Waals surface area contributed by atoms with Crippen molar-refractivity contribution in [1.82, 2.24) is 10.2 Å². The van der Waals surface area contributed by atoms with Crippen molar-refractivity contribution in [3.05, 3.63) is 23.8 Å². The third-order valence-corrected chi connectivity index (χ3v) is 3.06. The lowest BCUT2D eigenvalue weighted by atomic mass is 10.1. The summed E-state index contributed by atoms with van der Waals surface area (Å²) in [4.78, 5) is 13.9. The van der Waals surface area contributed by atoms with Crippen molar-refractivity contribution in [2.75, 3.05) is 38.2 Å². The van der Waals surface area contributed by atoms with E-state index < -0.39 is 0 Å². The Morgan fingerprint density at radius 3 is 2.65 bits per heavy atom.